The van der Waals surface area contributed by atoms with E-state index < -0.39 is 11.5 Å². The molecule has 0 aromatic carbocycles. The molecule has 0 amide bonds. The quantitative estimate of drug-likeness (QED) is 0.621. The van der Waals surface area contributed by atoms with Crippen molar-refractivity contribution in [1.82, 2.24) is 5.32 Å². The van der Waals surface area contributed by atoms with Crippen molar-refractivity contribution in [1.29, 1.82) is 0 Å². The second-order valence-corrected chi connectivity index (χ2v) is 3.48. The Morgan fingerprint density at radius 1 is 1.58 bits per heavy atom. The van der Waals surface area contributed by atoms with Crippen LogP contribution in [0.3, 0.4) is 0 Å². The van der Waals surface area contributed by atoms with Crippen LogP contribution >= 0.6 is 0 Å². The zero-order valence-corrected chi connectivity index (χ0v) is 7.26. The summed E-state index contributed by atoms with van der Waals surface area (Å²) in [6.45, 7) is 3.09. The third-order valence-corrected chi connectivity index (χ3v) is 2.39. The van der Waals surface area contributed by atoms with Gasteiger partial charge >= 0.3 is 5.97 Å². The van der Waals surface area contributed by atoms with E-state index in [0.717, 1.165) is 0 Å². The number of carbonyl (C=O) groups is 2. The van der Waals surface area contributed by atoms with Crippen LogP contribution < -0.4 is 5.32 Å². The molecule has 1 aliphatic heterocycles. The Morgan fingerprint density at radius 2 is 2.17 bits per heavy atom. The summed E-state index contributed by atoms with van der Waals surface area (Å²) in [6, 6.07) is -0.272. The number of carbonyl (C=O) groups excluding carboxylic acids is 1. The van der Waals surface area contributed by atoms with E-state index >= 15 is 0 Å². The molecular weight excluding hydrogens is 158 g/mol. The van der Waals surface area contributed by atoms with E-state index in [2.05, 4.69) is 5.32 Å². The zero-order chi connectivity index (χ0) is 9.35. The average molecular weight is 171 g/mol. The second-order valence-electron chi connectivity index (χ2n) is 3.48. The first kappa shape index (κ1) is 9.19. The number of hydrogen-bond donors (Lipinski definition) is 2. The molecule has 0 spiro atoms. The molecular formula is C8H13NO3. The summed E-state index contributed by atoms with van der Waals surface area (Å²) in [4.78, 5) is 21.6. The number of carboxylic acids is 1. The van der Waals surface area contributed by atoms with Crippen molar-refractivity contribution in [3.63, 3.8) is 0 Å². The van der Waals surface area contributed by atoms with Gasteiger partial charge in [0, 0.05) is 0 Å². The average Bonchev–Trinajstić information content (AvgIpc) is 2.33. The first-order valence-corrected chi connectivity index (χ1v) is 3.97. The minimum atomic E-state index is -0.906. The summed E-state index contributed by atoms with van der Waals surface area (Å²) in [5.41, 5.74) is -0.906. The molecule has 1 rings (SSSR count). The Balaban J connectivity index is 2.67. The van der Waals surface area contributed by atoms with Crippen molar-refractivity contribution in [2.24, 2.45) is 0 Å². The van der Waals surface area contributed by atoms with Crippen LogP contribution in [-0.2, 0) is 9.59 Å². The Kier molecular flexibility index (Phi) is 2.19. The van der Waals surface area contributed by atoms with Gasteiger partial charge in [-0.3, -0.25) is 14.9 Å². The molecule has 68 valence electrons. The van der Waals surface area contributed by atoms with Gasteiger partial charge in [0.2, 0.25) is 0 Å². The molecule has 0 aromatic rings. The van der Waals surface area contributed by atoms with E-state index in [0.29, 0.717) is 12.8 Å². The number of hydrogen-bond acceptors (Lipinski definition) is 3. The number of rotatable bonds is 2. The second kappa shape index (κ2) is 2.86. The van der Waals surface area contributed by atoms with E-state index in [1.165, 1.54) is 6.92 Å². The zero-order valence-electron chi connectivity index (χ0n) is 7.26. The SMILES string of the molecule is CC(=O)C1CCC(C)(C(=O)O)N1. The van der Waals surface area contributed by atoms with Gasteiger partial charge in [0.15, 0.2) is 0 Å². The molecule has 0 aromatic heterocycles. The van der Waals surface area contributed by atoms with Gasteiger partial charge in [-0.2, -0.15) is 0 Å². The van der Waals surface area contributed by atoms with E-state index in [1.807, 2.05) is 0 Å². The molecule has 12 heavy (non-hydrogen) atoms. The number of Topliss-reactive ketones (excluding diaryl/α,β-unsaturated/α-hetero) is 1. The Bertz CT molecular complexity index is 226. The van der Waals surface area contributed by atoms with Crippen LogP contribution in [0.5, 0.6) is 0 Å². The van der Waals surface area contributed by atoms with Crippen LogP contribution in [0.4, 0.5) is 0 Å². The highest BCUT2D eigenvalue weighted by molar-refractivity contribution is 5.85. The fraction of sp³-hybridized carbons (Fsp3) is 0.750. The standard InChI is InChI=1S/C8H13NO3/c1-5(10)6-3-4-8(2,9-6)7(11)12/h6,9H,3-4H2,1-2H3,(H,11,12). The van der Waals surface area contributed by atoms with Gasteiger partial charge in [0.25, 0.3) is 0 Å². The third kappa shape index (κ3) is 1.48. The van der Waals surface area contributed by atoms with Crippen molar-refractivity contribution in [2.75, 3.05) is 0 Å². The van der Waals surface area contributed by atoms with E-state index in [9.17, 15) is 9.59 Å². The summed E-state index contributed by atoms with van der Waals surface area (Å²) in [5.74, 6) is -0.869. The monoisotopic (exact) mass is 171 g/mol. The lowest BCUT2D eigenvalue weighted by atomic mass is 10.0. The molecule has 1 fully saturated rings. The van der Waals surface area contributed by atoms with Gasteiger partial charge in [-0.1, -0.05) is 0 Å². The predicted molar refractivity (Wildman–Crippen MR) is 42.9 cm³/mol. The predicted octanol–water partition coefficient (Wildman–Crippen LogP) is 0.171. The van der Waals surface area contributed by atoms with Gasteiger partial charge in [-0.25, -0.2) is 0 Å². The summed E-state index contributed by atoms with van der Waals surface area (Å²) < 4.78 is 0. The molecule has 1 aliphatic rings. The van der Waals surface area contributed by atoms with Crippen molar-refractivity contribution >= 4 is 11.8 Å². The first-order valence-electron chi connectivity index (χ1n) is 3.97. The van der Waals surface area contributed by atoms with Crippen LogP contribution in [0.25, 0.3) is 0 Å². The van der Waals surface area contributed by atoms with Crippen molar-refractivity contribution < 1.29 is 14.7 Å². The highest BCUT2D eigenvalue weighted by atomic mass is 16.4. The minimum Gasteiger partial charge on any atom is -0.480 e. The maximum atomic E-state index is 10.9. The molecule has 0 radical (unpaired) electrons. The van der Waals surface area contributed by atoms with Gasteiger partial charge in [0.05, 0.1) is 6.04 Å². The molecule has 0 aliphatic carbocycles. The van der Waals surface area contributed by atoms with Crippen molar-refractivity contribution in [3.05, 3.63) is 0 Å². The van der Waals surface area contributed by atoms with Gasteiger partial charge in [-0.05, 0) is 26.7 Å². The lowest BCUT2D eigenvalue weighted by Crippen LogP contribution is -2.48. The number of carboxylic acid groups (broad SMARTS) is 1. The van der Waals surface area contributed by atoms with Crippen LogP contribution in [0.15, 0.2) is 0 Å². The summed E-state index contributed by atoms with van der Waals surface area (Å²) in [6.07, 6.45) is 1.14. The molecule has 4 nitrogen and oxygen atoms in total. The van der Waals surface area contributed by atoms with Gasteiger partial charge in [0.1, 0.15) is 11.3 Å². The lowest BCUT2D eigenvalue weighted by Gasteiger charge is -2.19. The van der Waals surface area contributed by atoms with Gasteiger partial charge in [-0.15, -0.1) is 0 Å². The molecule has 2 N–H and O–H groups in total. The Hall–Kier alpha value is -0.900. The molecule has 4 heteroatoms. The summed E-state index contributed by atoms with van der Waals surface area (Å²) >= 11 is 0. The lowest BCUT2D eigenvalue weighted by molar-refractivity contribution is -0.143. The van der Waals surface area contributed by atoms with Crippen LogP contribution in [0, 0.1) is 0 Å². The van der Waals surface area contributed by atoms with E-state index in [1.54, 1.807) is 6.92 Å². The number of ketones is 1. The number of nitrogens with one attached hydrogen (secondary N) is 1. The molecule has 0 bridgehead atoms. The first-order chi connectivity index (χ1) is 5.46. The third-order valence-electron chi connectivity index (χ3n) is 2.39. The van der Waals surface area contributed by atoms with Gasteiger partial charge < -0.3 is 5.11 Å². The molecule has 0 saturated carbocycles. The Labute approximate surface area is 71.0 Å². The number of aliphatic carboxylic acids is 1. The fourth-order valence-corrected chi connectivity index (χ4v) is 1.44. The molecule has 2 atom stereocenters. The van der Waals surface area contributed by atoms with E-state index in [4.69, 9.17) is 5.11 Å². The maximum absolute atomic E-state index is 10.9. The van der Waals surface area contributed by atoms with Crippen molar-refractivity contribution in [3.8, 4) is 0 Å². The smallest absolute Gasteiger partial charge is 0.323 e. The minimum absolute atomic E-state index is 0.0139. The summed E-state index contributed by atoms with van der Waals surface area (Å²) in [7, 11) is 0. The molecule has 1 saturated heterocycles. The van der Waals surface area contributed by atoms with Crippen LogP contribution in [0.1, 0.15) is 26.7 Å². The maximum Gasteiger partial charge on any atom is 0.323 e. The highest BCUT2D eigenvalue weighted by Gasteiger charge is 2.41. The largest absolute Gasteiger partial charge is 0.480 e. The van der Waals surface area contributed by atoms with Crippen molar-refractivity contribution in [2.45, 2.75) is 38.3 Å². The highest BCUT2D eigenvalue weighted by Crippen LogP contribution is 2.23. The van der Waals surface area contributed by atoms with E-state index in [-0.39, 0.29) is 11.8 Å². The molecule has 2 unspecified atom stereocenters. The van der Waals surface area contributed by atoms with Crippen LogP contribution in [-0.4, -0.2) is 28.4 Å². The molecule has 1 heterocycles. The van der Waals surface area contributed by atoms with Crippen LogP contribution in [0.2, 0.25) is 0 Å². The topological polar surface area (TPSA) is 66.4 Å². The normalized spacial score (nSPS) is 35.0. The fourth-order valence-electron chi connectivity index (χ4n) is 1.44. The summed E-state index contributed by atoms with van der Waals surface area (Å²) in [5, 5.41) is 11.6. The Morgan fingerprint density at radius 3 is 2.42 bits per heavy atom.